The van der Waals surface area contributed by atoms with Crippen LogP contribution >= 0.6 is 0 Å². The Bertz CT molecular complexity index is 1750. The average molecular weight is 606 g/mol. The van der Waals surface area contributed by atoms with Crippen LogP contribution in [-0.2, 0) is 32.7 Å². The molecular weight excluding hydrogens is 570 g/mol. The predicted octanol–water partition coefficient (Wildman–Crippen LogP) is 0.778. The number of carbonyl (C=O) groups is 2. The zero-order chi connectivity index (χ0) is 31.7. The van der Waals surface area contributed by atoms with E-state index >= 15 is 0 Å². The molecule has 3 aromatic heterocycles. The van der Waals surface area contributed by atoms with Crippen LogP contribution in [-0.4, -0.2) is 70.0 Å². The van der Waals surface area contributed by atoms with Gasteiger partial charge in [-0.3, -0.25) is 14.4 Å². The minimum Gasteiger partial charge on any atom is -0.481 e. The van der Waals surface area contributed by atoms with Gasteiger partial charge < -0.3 is 29.7 Å². The maximum absolute atomic E-state index is 12.9. The lowest BCUT2D eigenvalue weighted by molar-refractivity contribution is -0.150. The van der Waals surface area contributed by atoms with Crippen LogP contribution in [0, 0.1) is 0 Å². The number of imidazole rings is 1. The van der Waals surface area contributed by atoms with Crippen molar-refractivity contribution in [3.63, 3.8) is 0 Å². The van der Waals surface area contributed by atoms with E-state index in [9.17, 15) is 19.5 Å². The third kappa shape index (κ3) is 9.19. The van der Waals surface area contributed by atoms with Gasteiger partial charge in [-0.15, -0.1) is 5.10 Å². The summed E-state index contributed by atoms with van der Waals surface area (Å²) in [7, 11) is 0. The van der Waals surface area contributed by atoms with Gasteiger partial charge in [0.05, 0.1) is 36.8 Å². The van der Waals surface area contributed by atoms with Crippen LogP contribution in [0.15, 0.2) is 47.7 Å². The highest BCUT2D eigenvalue weighted by atomic mass is 16.7. The molecule has 0 amide bonds. The van der Waals surface area contributed by atoms with Crippen LogP contribution in [0.25, 0.3) is 12.2 Å². The molecule has 0 spiro atoms. The molecule has 1 unspecified atom stereocenters. The number of ether oxygens (including phenoxy) is 2. The Labute approximate surface area is 252 Å². The molecule has 1 atom stereocenters. The van der Waals surface area contributed by atoms with Crippen molar-refractivity contribution in [2.24, 2.45) is 0 Å². The molecular formula is C30H35N7O7. The fourth-order valence-electron chi connectivity index (χ4n) is 4.29. The molecule has 0 aliphatic heterocycles. The molecule has 0 aliphatic rings. The number of aliphatic carboxylic acids is 1. The number of aryl methyl sites for hydroxylation is 1. The number of benzene rings is 1. The smallest absolute Gasteiger partial charge is 0.308 e. The summed E-state index contributed by atoms with van der Waals surface area (Å²) in [5, 5.41) is 26.7. The van der Waals surface area contributed by atoms with Crippen molar-refractivity contribution >= 4 is 24.1 Å². The Kier molecular flexibility index (Phi) is 10.4. The number of aromatic nitrogens is 7. The topological polar surface area (TPSA) is 198 Å². The second-order valence-corrected chi connectivity index (χ2v) is 11.1. The fourth-order valence-corrected chi connectivity index (χ4v) is 4.29. The van der Waals surface area contributed by atoms with Gasteiger partial charge in [-0.25, -0.2) is 14.6 Å². The number of nitrogens with one attached hydrogen (secondary N) is 2. The first-order valence-electron chi connectivity index (χ1n) is 14.0. The molecule has 14 nitrogen and oxygen atoms in total. The lowest BCUT2D eigenvalue weighted by Crippen LogP contribution is -2.38. The first kappa shape index (κ1) is 31.8. The standard InChI is InChI=1S/C30H35N7O7/c1-30(2,3)27-22(31-17-32-27)14-24-29(34-23(28(42)33-24)12-19-8-5-4-6-9-19)44-18-43-26(41)11-7-10-20-15-37(36-35-20)16-21(38)13-25(39)40/h4-6,8-9,12,14-15,17,21,38H,7,10-11,13,16,18H2,1-3H3,(H,31,32)(H,33,42)(H,39,40). The summed E-state index contributed by atoms with van der Waals surface area (Å²) < 4.78 is 12.4. The molecule has 0 saturated carbocycles. The lowest BCUT2D eigenvalue weighted by Gasteiger charge is -2.17. The van der Waals surface area contributed by atoms with E-state index in [-0.39, 0.29) is 35.0 Å². The van der Waals surface area contributed by atoms with Crippen LogP contribution in [0.5, 0.6) is 5.88 Å². The van der Waals surface area contributed by atoms with Crippen molar-refractivity contribution in [3.05, 3.63) is 86.6 Å². The van der Waals surface area contributed by atoms with E-state index in [1.54, 1.807) is 24.7 Å². The SMILES string of the molecule is CC(C)(C)c1[nH]cnc1C=c1[nH]c(=O)c(=Cc2ccccc2)nc1OCOC(=O)CCCc1cn(CC(O)CC(=O)O)nn1. The molecule has 14 heteroatoms. The molecule has 4 aromatic rings. The van der Waals surface area contributed by atoms with Gasteiger partial charge in [-0.05, 0) is 30.6 Å². The number of rotatable bonds is 13. The van der Waals surface area contributed by atoms with Gasteiger partial charge in [0.15, 0.2) is 0 Å². The molecule has 232 valence electrons. The van der Waals surface area contributed by atoms with Gasteiger partial charge in [-0.2, -0.15) is 0 Å². The summed E-state index contributed by atoms with van der Waals surface area (Å²) in [4.78, 5) is 50.8. The summed E-state index contributed by atoms with van der Waals surface area (Å²) >= 11 is 0. The summed E-state index contributed by atoms with van der Waals surface area (Å²) in [6, 6.07) is 9.24. The second kappa shape index (κ2) is 14.4. The molecule has 0 bridgehead atoms. The van der Waals surface area contributed by atoms with Gasteiger partial charge in [0.1, 0.15) is 10.7 Å². The Morgan fingerprint density at radius 1 is 1.16 bits per heavy atom. The number of carbonyl (C=O) groups excluding carboxylic acids is 1. The van der Waals surface area contributed by atoms with Gasteiger partial charge in [-0.1, -0.05) is 56.3 Å². The van der Waals surface area contributed by atoms with E-state index in [2.05, 4.69) is 30.2 Å². The Morgan fingerprint density at radius 2 is 1.93 bits per heavy atom. The molecule has 0 aliphatic carbocycles. The minimum absolute atomic E-state index is 0.000623. The molecule has 44 heavy (non-hydrogen) atoms. The van der Waals surface area contributed by atoms with E-state index in [0.29, 0.717) is 24.2 Å². The Hall–Kier alpha value is -5.11. The number of aliphatic hydroxyl groups is 1. The first-order valence-corrected chi connectivity index (χ1v) is 14.0. The molecule has 3 heterocycles. The van der Waals surface area contributed by atoms with E-state index in [0.717, 1.165) is 11.3 Å². The quantitative estimate of drug-likeness (QED) is 0.124. The maximum atomic E-state index is 12.9. The Morgan fingerprint density at radius 3 is 2.66 bits per heavy atom. The van der Waals surface area contributed by atoms with Gasteiger partial charge in [0.2, 0.25) is 12.7 Å². The van der Waals surface area contributed by atoms with Gasteiger partial charge >= 0.3 is 11.9 Å². The molecule has 4 rings (SSSR count). The van der Waals surface area contributed by atoms with Crippen LogP contribution in [0.3, 0.4) is 0 Å². The maximum Gasteiger partial charge on any atom is 0.308 e. The zero-order valence-electron chi connectivity index (χ0n) is 24.7. The van der Waals surface area contributed by atoms with Crippen LogP contribution in [0.2, 0.25) is 0 Å². The van der Waals surface area contributed by atoms with Crippen LogP contribution in [0.4, 0.5) is 0 Å². The summed E-state index contributed by atoms with van der Waals surface area (Å²) in [6.45, 7) is 5.65. The summed E-state index contributed by atoms with van der Waals surface area (Å²) in [5.74, 6) is -1.56. The molecule has 1 aromatic carbocycles. The van der Waals surface area contributed by atoms with Crippen molar-refractivity contribution < 1.29 is 29.3 Å². The number of aliphatic hydroxyl groups excluding tert-OH is 1. The summed E-state index contributed by atoms with van der Waals surface area (Å²) in [5.41, 5.74) is 2.15. The van der Waals surface area contributed by atoms with Crippen molar-refractivity contribution in [3.8, 4) is 5.88 Å². The van der Waals surface area contributed by atoms with E-state index < -0.39 is 36.8 Å². The summed E-state index contributed by atoms with van der Waals surface area (Å²) in [6.07, 6.45) is 5.87. The van der Waals surface area contributed by atoms with Crippen molar-refractivity contribution in [1.82, 2.24) is 34.9 Å². The molecule has 4 N–H and O–H groups in total. The average Bonchev–Trinajstić information content (AvgIpc) is 3.60. The number of hydrogen-bond donors (Lipinski definition) is 4. The van der Waals surface area contributed by atoms with Crippen LogP contribution in [0.1, 0.15) is 62.7 Å². The third-order valence-electron chi connectivity index (χ3n) is 6.36. The highest BCUT2D eigenvalue weighted by Crippen LogP contribution is 2.23. The number of H-pyrrole nitrogens is 2. The molecule has 0 fully saturated rings. The first-order chi connectivity index (χ1) is 21.0. The minimum atomic E-state index is -1.11. The number of esters is 1. The highest BCUT2D eigenvalue weighted by molar-refractivity contribution is 5.69. The lowest BCUT2D eigenvalue weighted by atomic mass is 9.90. The van der Waals surface area contributed by atoms with Crippen molar-refractivity contribution in [2.45, 2.75) is 64.5 Å². The van der Waals surface area contributed by atoms with Crippen molar-refractivity contribution in [2.75, 3.05) is 6.79 Å². The largest absolute Gasteiger partial charge is 0.481 e. The zero-order valence-corrected chi connectivity index (χ0v) is 24.7. The van der Waals surface area contributed by atoms with E-state index in [1.165, 1.54) is 4.68 Å². The van der Waals surface area contributed by atoms with Crippen LogP contribution < -0.4 is 21.0 Å². The highest BCUT2D eigenvalue weighted by Gasteiger charge is 2.20. The Balaban J connectivity index is 1.42. The van der Waals surface area contributed by atoms with Crippen molar-refractivity contribution in [1.29, 1.82) is 0 Å². The number of nitrogens with zero attached hydrogens (tertiary/aromatic N) is 5. The molecule has 0 radical (unpaired) electrons. The normalized spacial score (nSPS) is 13.2. The monoisotopic (exact) mass is 605 g/mol. The molecule has 0 saturated heterocycles. The van der Waals surface area contributed by atoms with Gasteiger partial charge in [0, 0.05) is 23.7 Å². The van der Waals surface area contributed by atoms with E-state index in [1.807, 2.05) is 51.1 Å². The second-order valence-electron chi connectivity index (χ2n) is 11.1. The number of carboxylic acids is 1. The third-order valence-corrected chi connectivity index (χ3v) is 6.36. The number of carboxylic acid groups (broad SMARTS) is 1. The fraction of sp³-hybridized carbons (Fsp3) is 0.367. The van der Waals surface area contributed by atoms with E-state index in [4.69, 9.17) is 14.6 Å². The predicted molar refractivity (Wildman–Crippen MR) is 158 cm³/mol. The number of aromatic amines is 2. The van der Waals surface area contributed by atoms with Gasteiger partial charge in [0.25, 0.3) is 5.56 Å². The number of hydrogen-bond acceptors (Lipinski definition) is 10.